The van der Waals surface area contributed by atoms with Gasteiger partial charge in [0.1, 0.15) is 0 Å². The van der Waals surface area contributed by atoms with E-state index in [4.69, 9.17) is 0 Å². The fraction of sp³-hybridized carbons (Fsp3) is 0.212. The van der Waals surface area contributed by atoms with Gasteiger partial charge in [-0.1, -0.05) is 75.0 Å². The van der Waals surface area contributed by atoms with Crippen molar-refractivity contribution in [2.24, 2.45) is 0 Å². The summed E-state index contributed by atoms with van der Waals surface area (Å²) in [7, 11) is 2.17. The van der Waals surface area contributed by atoms with Crippen molar-refractivity contribution in [2.75, 3.05) is 23.8 Å². The molecule has 3 nitrogen and oxygen atoms in total. The molecule has 180 valence electrons. The molecule has 2 heterocycles. The van der Waals surface area contributed by atoms with E-state index in [0.717, 1.165) is 36.4 Å². The summed E-state index contributed by atoms with van der Waals surface area (Å²) in [5.41, 5.74) is 9.57. The van der Waals surface area contributed by atoms with Gasteiger partial charge in [0.15, 0.2) is 0 Å². The molecule has 0 radical (unpaired) electrons. The van der Waals surface area contributed by atoms with E-state index in [9.17, 15) is 0 Å². The third kappa shape index (κ3) is 3.26. The van der Waals surface area contributed by atoms with Crippen LogP contribution in [0.1, 0.15) is 32.3 Å². The first-order valence-electron chi connectivity index (χ1n) is 13.0. The van der Waals surface area contributed by atoms with Crippen molar-refractivity contribution in [2.45, 2.75) is 32.1 Å². The Morgan fingerprint density at radius 2 is 1.39 bits per heavy atom. The van der Waals surface area contributed by atoms with Crippen molar-refractivity contribution in [1.82, 2.24) is 4.57 Å². The third-order valence-electron chi connectivity index (χ3n) is 8.25. The molecular formula is C33H33N3. The second-order valence-corrected chi connectivity index (χ2v) is 9.99. The number of aromatic nitrogens is 1. The van der Waals surface area contributed by atoms with Crippen LogP contribution in [0.5, 0.6) is 0 Å². The number of benzene rings is 4. The van der Waals surface area contributed by atoms with Gasteiger partial charge in [0.2, 0.25) is 0 Å². The standard InChI is InChI=1S/C33H33N3/c1-5-33(6-2)23(3)22-35(4)32-18-12-9-15-28(32)34-29-21-24(19-20-27(29)33)36-30-16-10-7-13-25(30)26-14-8-11-17-31(26)36/h7-21,34H,3,5-6,22H2,1-2,4H3. The summed E-state index contributed by atoms with van der Waals surface area (Å²) in [6.07, 6.45) is 2.02. The zero-order chi connectivity index (χ0) is 24.9. The van der Waals surface area contributed by atoms with Crippen LogP contribution in [0.15, 0.2) is 103 Å². The van der Waals surface area contributed by atoms with Crippen LogP contribution in [0.2, 0.25) is 0 Å². The van der Waals surface area contributed by atoms with Gasteiger partial charge >= 0.3 is 0 Å². The lowest BCUT2D eigenvalue weighted by molar-refractivity contribution is 0.462. The van der Waals surface area contributed by atoms with Gasteiger partial charge in [-0.05, 0) is 60.4 Å². The highest BCUT2D eigenvalue weighted by Gasteiger charge is 2.35. The Labute approximate surface area is 213 Å². The number of hydrogen-bond acceptors (Lipinski definition) is 2. The maximum absolute atomic E-state index is 4.65. The normalized spacial score (nSPS) is 15.1. The Balaban J connectivity index is 1.64. The van der Waals surface area contributed by atoms with E-state index in [1.54, 1.807) is 0 Å². The fourth-order valence-corrected chi connectivity index (χ4v) is 6.29. The van der Waals surface area contributed by atoms with Crippen LogP contribution in [0.3, 0.4) is 0 Å². The van der Waals surface area contributed by atoms with Crippen LogP contribution in [-0.4, -0.2) is 18.2 Å². The highest BCUT2D eigenvalue weighted by Crippen LogP contribution is 2.46. The highest BCUT2D eigenvalue weighted by atomic mass is 15.1. The van der Waals surface area contributed by atoms with Crippen LogP contribution < -0.4 is 10.2 Å². The van der Waals surface area contributed by atoms with Gasteiger partial charge in [-0.25, -0.2) is 0 Å². The predicted octanol–water partition coefficient (Wildman–Crippen LogP) is 8.59. The summed E-state index contributed by atoms with van der Waals surface area (Å²) < 4.78 is 2.39. The van der Waals surface area contributed by atoms with E-state index < -0.39 is 0 Å². The van der Waals surface area contributed by atoms with Gasteiger partial charge < -0.3 is 14.8 Å². The molecule has 1 aromatic heterocycles. The zero-order valence-electron chi connectivity index (χ0n) is 21.4. The molecule has 3 heteroatoms. The number of hydrogen-bond donors (Lipinski definition) is 1. The first-order valence-corrected chi connectivity index (χ1v) is 13.0. The zero-order valence-corrected chi connectivity index (χ0v) is 21.4. The van der Waals surface area contributed by atoms with Crippen LogP contribution in [0.25, 0.3) is 27.5 Å². The number of likely N-dealkylation sites (N-methyl/N-ethyl adjacent to an activating group) is 1. The van der Waals surface area contributed by atoms with Crippen molar-refractivity contribution in [3.63, 3.8) is 0 Å². The summed E-state index contributed by atoms with van der Waals surface area (Å²) in [6, 6.07) is 32.9. The molecular weight excluding hydrogens is 438 g/mol. The topological polar surface area (TPSA) is 20.2 Å². The Morgan fingerprint density at radius 3 is 2.06 bits per heavy atom. The third-order valence-corrected chi connectivity index (χ3v) is 8.25. The summed E-state index contributed by atoms with van der Waals surface area (Å²) in [5, 5.41) is 6.42. The molecule has 0 unspecified atom stereocenters. The number of nitrogens with zero attached hydrogens (tertiary/aromatic N) is 2. The lowest BCUT2D eigenvalue weighted by Crippen LogP contribution is -2.33. The van der Waals surface area contributed by atoms with E-state index in [0.29, 0.717) is 0 Å². The number of anilines is 3. The van der Waals surface area contributed by atoms with Gasteiger partial charge in [-0.2, -0.15) is 0 Å². The molecule has 1 aliphatic heterocycles. The largest absolute Gasteiger partial charge is 0.369 e. The number of rotatable bonds is 3. The summed E-state index contributed by atoms with van der Waals surface area (Å²) >= 11 is 0. The van der Waals surface area contributed by atoms with E-state index in [1.165, 1.54) is 38.6 Å². The minimum absolute atomic E-state index is 0.0992. The van der Waals surface area contributed by atoms with E-state index in [-0.39, 0.29) is 5.41 Å². The maximum atomic E-state index is 4.65. The molecule has 0 saturated carbocycles. The monoisotopic (exact) mass is 471 g/mol. The van der Waals surface area contributed by atoms with E-state index >= 15 is 0 Å². The van der Waals surface area contributed by atoms with Crippen LogP contribution in [0, 0.1) is 0 Å². The van der Waals surface area contributed by atoms with E-state index in [2.05, 4.69) is 133 Å². The molecule has 0 fully saturated rings. The van der Waals surface area contributed by atoms with Gasteiger partial charge in [0, 0.05) is 41.2 Å². The first kappa shape index (κ1) is 22.5. The van der Waals surface area contributed by atoms with Crippen molar-refractivity contribution < 1.29 is 0 Å². The minimum atomic E-state index is -0.0992. The molecule has 6 rings (SSSR count). The van der Waals surface area contributed by atoms with Crippen molar-refractivity contribution in [3.05, 3.63) is 109 Å². The van der Waals surface area contributed by atoms with Gasteiger partial charge in [-0.3, -0.25) is 0 Å². The molecule has 1 N–H and O–H groups in total. The summed E-state index contributed by atoms with van der Waals surface area (Å²) in [5.74, 6) is 0. The summed E-state index contributed by atoms with van der Waals surface area (Å²) in [6.45, 7) is 10.1. The Kier molecular flexibility index (Phi) is 5.37. The average molecular weight is 472 g/mol. The van der Waals surface area contributed by atoms with Gasteiger partial charge in [-0.15, -0.1) is 0 Å². The van der Waals surface area contributed by atoms with E-state index in [1.807, 2.05) is 0 Å². The quantitative estimate of drug-likeness (QED) is 0.266. The minimum Gasteiger partial charge on any atom is -0.369 e. The molecule has 4 aromatic carbocycles. The SMILES string of the molecule is C=C1CN(C)c2ccccc2Nc2cc(-n3c4ccccc4c4ccccc43)ccc2C1(CC)CC. The molecule has 0 atom stereocenters. The molecule has 0 amide bonds. The molecule has 0 aliphatic carbocycles. The second kappa shape index (κ2) is 8.60. The highest BCUT2D eigenvalue weighted by molar-refractivity contribution is 6.09. The first-order chi connectivity index (χ1) is 17.6. The Hall–Kier alpha value is -3.98. The molecule has 0 spiro atoms. The maximum Gasteiger partial charge on any atom is 0.0622 e. The number of nitrogens with one attached hydrogen (secondary N) is 1. The van der Waals surface area contributed by atoms with Gasteiger partial charge in [0.05, 0.1) is 22.4 Å². The molecule has 0 saturated heterocycles. The van der Waals surface area contributed by atoms with Crippen molar-refractivity contribution in [3.8, 4) is 5.69 Å². The smallest absolute Gasteiger partial charge is 0.0622 e. The Bertz CT molecular complexity index is 1550. The Morgan fingerprint density at radius 1 is 0.778 bits per heavy atom. The lowest BCUT2D eigenvalue weighted by atomic mass is 9.69. The fourth-order valence-electron chi connectivity index (χ4n) is 6.29. The molecule has 0 bridgehead atoms. The van der Waals surface area contributed by atoms with Crippen LogP contribution in [0.4, 0.5) is 17.1 Å². The van der Waals surface area contributed by atoms with Gasteiger partial charge in [0.25, 0.3) is 0 Å². The number of fused-ring (bicyclic) bond motifs is 5. The van der Waals surface area contributed by atoms with Crippen molar-refractivity contribution >= 4 is 38.9 Å². The average Bonchev–Trinajstić information content (AvgIpc) is 3.26. The lowest BCUT2D eigenvalue weighted by Gasteiger charge is -2.37. The summed E-state index contributed by atoms with van der Waals surface area (Å²) in [4.78, 5) is 2.32. The predicted molar refractivity (Wildman–Crippen MR) is 155 cm³/mol. The van der Waals surface area contributed by atoms with Crippen LogP contribution in [-0.2, 0) is 5.41 Å². The van der Waals surface area contributed by atoms with Crippen molar-refractivity contribution in [1.29, 1.82) is 0 Å². The second-order valence-electron chi connectivity index (χ2n) is 9.99. The van der Waals surface area contributed by atoms with Crippen LogP contribution >= 0.6 is 0 Å². The molecule has 1 aliphatic rings. The molecule has 36 heavy (non-hydrogen) atoms. The number of para-hydroxylation sites is 4. The molecule has 5 aromatic rings.